The van der Waals surface area contributed by atoms with Crippen molar-refractivity contribution >= 4 is 0 Å². The number of benzene rings is 3. The molecule has 0 spiro atoms. The van der Waals surface area contributed by atoms with Crippen LogP contribution in [0.2, 0.25) is 0 Å². The summed E-state index contributed by atoms with van der Waals surface area (Å²) in [5, 5.41) is 20.7. The van der Waals surface area contributed by atoms with E-state index in [-0.39, 0.29) is 13.2 Å². The van der Waals surface area contributed by atoms with E-state index in [2.05, 4.69) is 0 Å². The molecule has 3 aromatic carbocycles. The molecule has 6 heteroatoms. The van der Waals surface area contributed by atoms with E-state index in [9.17, 15) is 10.2 Å². The Hall–Kier alpha value is -2.58. The molecule has 2 unspecified atom stereocenters. The number of hydrogen-bond donors (Lipinski definition) is 2. The van der Waals surface area contributed by atoms with Crippen molar-refractivity contribution in [3.05, 3.63) is 108 Å². The van der Waals surface area contributed by atoms with Crippen LogP contribution < -0.4 is 0 Å². The molecule has 0 radical (unpaired) electrons. The van der Waals surface area contributed by atoms with Crippen molar-refractivity contribution in [1.29, 1.82) is 0 Å². The van der Waals surface area contributed by atoms with Crippen LogP contribution in [0.15, 0.2) is 91.0 Å². The Morgan fingerprint density at radius 1 is 0.576 bits per heavy atom. The molecule has 0 aromatic heterocycles. The first kappa shape index (κ1) is 23.6. The van der Waals surface area contributed by atoms with Crippen LogP contribution >= 0.6 is 0 Å². The predicted molar refractivity (Wildman–Crippen MR) is 123 cm³/mol. The Bertz CT molecular complexity index is 937. The van der Waals surface area contributed by atoms with E-state index in [0.717, 1.165) is 16.7 Å². The fraction of sp³-hybridized carbons (Fsp3) is 0.333. The standard InChI is InChI=1S/C27H30O6/c28-16-23-24(30-17-20-10-4-1-5-11-20)25(31-18-21-12-6-2-7-13-21)26(27(29)33-23)32-19-22-14-8-3-9-15-22/h1-15,23-29H,16-19H2/t23?,24-,25+,26?,27+/m0/s1. The van der Waals surface area contributed by atoms with Gasteiger partial charge in [0.1, 0.15) is 24.4 Å². The van der Waals surface area contributed by atoms with E-state index in [0.29, 0.717) is 13.2 Å². The summed E-state index contributed by atoms with van der Waals surface area (Å²) in [6.07, 6.45) is -4.09. The third kappa shape index (κ3) is 6.48. The average Bonchev–Trinajstić information content (AvgIpc) is 2.87. The monoisotopic (exact) mass is 450 g/mol. The Balaban J connectivity index is 1.53. The fourth-order valence-electron chi connectivity index (χ4n) is 3.91. The number of hydrogen-bond acceptors (Lipinski definition) is 6. The number of rotatable bonds is 10. The summed E-state index contributed by atoms with van der Waals surface area (Å²) < 4.78 is 24.3. The summed E-state index contributed by atoms with van der Waals surface area (Å²) >= 11 is 0. The Morgan fingerprint density at radius 3 is 1.39 bits per heavy atom. The minimum absolute atomic E-state index is 0.284. The minimum atomic E-state index is -1.26. The molecule has 1 heterocycles. The van der Waals surface area contributed by atoms with Crippen molar-refractivity contribution in [3.8, 4) is 0 Å². The van der Waals surface area contributed by atoms with Crippen molar-refractivity contribution in [2.24, 2.45) is 0 Å². The lowest BCUT2D eigenvalue weighted by Gasteiger charge is -2.44. The SMILES string of the molecule is OCC1O[C@@H](O)C(OCc2ccccc2)[C@H](OCc2ccccc2)[C@H]1OCc1ccccc1. The Morgan fingerprint density at radius 2 is 0.970 bits per heavy atom. The molecule has 4 rings (SSSR count). The van der Waals surface area contributed by atoms with Crippen LogP contribution in [0.5, 0.6) is 0 Å². The molecule has 1 saturated heterocycles. The maximum Gasteiger partial charge on any atom is 0.184 e. The second-order valence-corrected chi connectivity index (χ2v) is 8.03. The van der Waals surface area contributed by atoms with Gasteiger partial charge in [0.05, 0.1) is 26.4 Å². The number of aliphatic hydroxyl groups is 2. The summed E-state index contributed by atoms with van der Waals surface area (Å²) in [6.45, 7) is 0.601. The molecule has 0 aliphatic carbocycles. The quantitative estimate of drug-likeness (QED) is 0.493. The van der Waals surface area contributed by atoms with Gasteiger partial charge in [-0.25, -0.2) is 0 Å². The van der Waals surface area contributed by atoms with Crippen molar-refractivity contribution in [1.82, 2.24) is 0 Å². The molecule has 0 amide bonds. The molecule has 0 bridgehead atoms. The number of aliphatic hydroxyl groups excluding tert-OH is 2. The molecular weight excluding hydrogens is 420 g/mol. The summed E-state index contributed by atoms with van der Waals surface area (Å²) in [5.41, 5.74) is 2.95. The molecule has 33 heavy (non-hydrogen) atoms. The van der Waals surface area contributed by atoms with Gasteiger partial charge in [-0.2, -0.15) is 0 Å². The van der Waals surface area contributed by atoms with Crippen molar-refractivity contribution < 1.29 is 29.2 Å². The third-order valence-electron chi connectivity index (χ3n) is 5.65. The molecule has 0 saturated carbocycles. The summed E-state index contributed by atoms with van der Waals surface area (Å²) in [6, 6.07) is 29.3. The molecule has 3 aromatic rings. The predicted octanol–water partition coefficient (Wildman–Crippen LogP) is 3.45. The summed E-state index contributed by atoms with van der Waals surface area (Å²) in [5.74, 6) is 0. The third-order valence-corrected chi connectivity index (χ3v) is 5.65. The van der Waals surface area contributed by atoms with Crippen LogP contribution in [0.3, 0.4) is 0 Å². The van der Waals surface area contributed by atoms with Gasteiger partial charge in [0.25, 0.3) is 0 Å². The normalized spacial score (nSPS) is 25.1. The molecular formula is C27H30O6. The van der Waals surface area contributed by atoms with E-state index >= 15 is 0 Å². The van der Waals surface area contributed by atoms with Gasteiger partial charge in [0.15, 0.2) is 6.29 Å². The smallest absolute Gasteiger partial charge is 0.184 e. The molecule has 6 nitrogen and oxygen atoms in total. The average molecular weight is 451 g/mol. The zero-order valence-corrected chi connectivity index (χ0v) is 18.4. The van der Waals surface area contributed by atoms with Crippen molar-refractivity contribution in [2.45, 2.75) is 50.5 Å². The second-order valence-electron chi connectivity index (χ2n) is 8.03. The van der Waals surface area contributed by atoms with Crippen molar-refractivity contribution in [2.75, 3.05) is 6.61 Å². The van der Waals surface area contributed by atoms with Gasteiger partial charge in [0.2, 0.25) is 0 Å². The van der Waals surface area contributed by atoms with Gasteiger partial charge in [-0.15, -0.1) is 0 Å². The first-order valence-electron chi connectivity index (χ1n) is 11.2. The highest BCUT2D eigenvalue weighted by atomic mass is 16.7. The molecule has 5 atom stereocenters. The lowest BCUT2D eigenvalue weighted by atomic mass is 9.98. The maximum atomic E-state index is 10.7. The van der Waals surface area contributed by atoms with Crippen molar-refractivity contribution in [3.63, 3.8) is 0 Å². The fourth-order valence-corrected chi connectivity index (χ4v) is 3.91. The molecule has 2 N–H and O–H groups in total. The highest BCUT2D eigenvalue weighted by Crippen LogP contribution is 2.29. The van der Waals surface area contributed by atoms with E-state index in [1.54, 1.807) is 0 Å². The van der Waals surface area contributed by atoms with E-state index in [1.165, 1.54) is 0 Å². The largest absolute Gasteiger partial charge is 0.394 e. The van der Waals surface area contributed by atoms with E-state index in [4.69, 9.17) is 18.9 Å². The van der Waals surface area contributed by atoms with Gasteiger partial charge in [0, 0.05) is 0 Å². The molecule has 174 valence electrons. The van der Waals surface area contributed by atoms with Crippen LogP contribution in [0.1, 0.15) is 16.7 Å². The van der Waals surface area contributed by atoms with Crippen LogP contribution in [0, 0.1) is 0 Å². The highest BCUT2D eigenvalue weighted by Gasteiger charge is 2.47. The lowest BCUT2D eigenvalue weighted by molar-refractivity contribution is -0.315. The van der Waals surface area contributed by atoms with Crippen LogP contribution in [-0.2, 0) is 38.8 Å². The Labute approximate surface area is 194 Å². The zero-order valence-electron chi connectivity index (χ0n) is 18.4. The van der Waals surface area contributed by atoms with Crippen LogP contribution in [0.4, 0.5) is 0 Å². The maximum absolute atomic E-state index is 10.7. The van der Waals surface area contributed by atoms with Crippen LogP contribution in [-0.4, -0.2) is 47.5 Å². The van der Waals surface area contributed by atoms with Crippen LogP contribution in [0.25, 0.3) is 0 Å². The summed E-state index contributed by atoms with van der Waals surface area (Å²) in [4.78, 5) is 0. The molecule has 1 aliphatic rings. The van der Waals surface area contributed by atoms with Gasteiger partial charge in [-0.05, 0) is 16.7 Å². The first-order chi connectivity index (χ1) is 16.2. The highest BCUT2D eigenvalue weighted by molar-refractivity contribution is 5.15. The molecule has 1 fully saturated rings. The van der Waals surface area contributed by atoms with E-state index < -0.39 is 30.7 Å². The zero-order chi connectivity index (χ0) is 22.9. The topological polar surface area (TPSA) is 77.4 Å². The lowest BCUT2D eigenvalue weighted by Crippen LogP contribution is -2.61. The van der Waals surface area contributed by atoms with Gasteiger partial charge in [-0.3, -0.25) is 0 Å². The Kier molecular flexibility index (Phi) is 8.60. The van der Waals surface area contributed by atoms with Gasteiger partial charge < -0.3 is 29.2 Å². The van der Waals surface area contributed by atoms with Gasteiger partial charge >= 0.3 is 0 Å². The minimum Gasteiger partial charge on any atom is -0.394 e. The number of ether oxygens (including phenoxy) is 4. The van der Waals surface area contributed by atoms with Gasteiger partial charge in [-0.1, -0.05) is 91.0 Å². The first-order valence-corrected chi connectivity index (χ1v) is 11.2. The second kappa shape index (κ2) is 12.0. The van der Waals surface area contributed by atoms with E-state index in [1.807, 2.05) is 91.0 Å². The molecule has 1 aliphatic heterocycles. The summed E-state index contributed by atoms with van der Waals surface area (Å²) in [7, 11) is 0.